The van der Waals surface area contributed by atoms with Crippen LogP contribution < -0.4 is 0 Å². The van der Waals surface area contributed by atoms with Gasteiger partial charge in [-0.05, 0) is 96.3 Å². The molecule has 0 amide bonds. The Morgan fingerprint density at radius 1 is 0.295 bits per heavy atom. The summed E-state index contributed by atoms with van der Waals surface area (Å²) in [5, 5.41) is 8.64. The molecule has 0 saturated heterocycles. The van der Waals surface area contributed by atoms with E-state index in [1.165, 1.54) is 19.3 Å². The second-order valence-electron chi connectivity index (χ2n) is 10.5. The summed E-state index contributed by atoms with van der Waals surface area (Å²) >= 11 is 0. The van der Waals surface area contributed by atoms with Crippen LogP contribution in [0.3, 0.4) is 0 Å². The maximum atomic E-state index is 8.64. The first-order valence-corrected chi connectivity index (χ1v) is 17.6. The second kappa shape index (κ2) is 44.5. The van der Waals surface area contributed by atoms with Gasteiger partial charge in [0, 0.05) is 6.61 Å². The van der Waals surface area contributed by atoms with Crippen LogP contribution in [0.1, 0.15) is 130 Å². The summed E-state index contributed by atoms with van der Waals surface area (Å²) in [6.07, 6.45) is 67.5. The van der Waals surface area contributed by atoms with E-state index in [1.807, 2.05) is 0 Å². The number of allylic oxidation sites excluding steroid dienone is 22. The standard InChI is InChI=1S/C23H36.C20H32O/c1-3-5-7-9-11-13-15-17-19-21-23-22-20-18-16-14-12-10-8-6-4-2;1-2-3-4-5-6-7-8-9-10-11-12-13-14-15-16-17-18-19-20-21/h5,7,10-13,16-19,22-23H,3-4,6,8-9,14-15,20-21H2,1-2H3;3-4,6-7,9-10,12-13,15-16,21H,2,5,8,11,14,17-20H2,1H3/b7-5-,12-10-,13-11-,18-16-,19-17-,23-22-;4-3-,7-6-,10-9-,13-12-,16-15-. The quantitative estimate of drug-likeness (QED) is 0.0734. The summed E-state index contributed by atoms with van der Waals surface area (Å²) in [5.41, 5.74) is 0. The predicted octanol–water partition coefficient (Wildman–Crippen LogP) is 13.8. The third-order valence-electron chi connectivity index (χ3n) is 6.26. The lowest BCUT2D eigenvalue weighted by molar-refractivity contribution is 0.285. The van der Waals surface area contributed by atoms with Crippen molar-refractivity contribution in [2.24, 2.45) is 0 Å². The van der Waals surface area contributed by atoms with E-state index in [0.29, 0.717) is 6.61 Å². The van der Waals surface area contributed by atoms with Crippen LogP contribution in [0.15, 0.2) is 134 Å². The van der Waals surface area contributed by atoms with Crippen LogP contribution in [-0.4, -0.2) is 11.7 Å². The highest BCUT2D eigenvalue weighted by Gasteiger charge is 1.82. The van der Waals surface area contributed by atoms with Gasteiger partial charge in [-0.15, -0.1) is 0 Å². The Morgan fingerprint density at radius 3 is 0.795 bits per heavy atom. The van der Waals surface area contributed by atoms with Gasteiger partial charge in [0.25, 0.3) is 0 Å². The van der Waals surface area contributed by atoms with Gasteiger partial charge in [-0.3, -0.25) is 0 Å². The third kappa shape index (κ3) is 46.1. The summed E-state index contributed by atoms with van der Waals surface area (Å²) in [4.78, 5) is 0. The van der Waals surface area contributed by atoms with Gasteiger partial charge in [-0.2, -0.15) is 0 Å². The molecule has 0 radical (unpaired) electrons. The van der Waals surface area contributed by atoms with Crippen molar-refractivity contribution in [1.82, 2.24) is 0 Å². The summed E-state index contributed by atoms with van der Waals surface area (Å²) in [6.45, 7) is 6.87. The molecule has 0 bridgehead atoms. The van der Waals surface area contributed by atoms with Crippen molar-refractivity contribution < 1.29 is 5.11 Å². The largest absolute Gasteiger partial charge is 0.396 e. The molecule has 0 rings (SSSR count). The highest BCUT2D eigenvalue weighted by atomic mass is 16.2. The number of hydrogen-bond acceptors (Lipinski definition) is 1. The fourth-order valence-electron chi connectivity index (χ4n) is 3.70. The Morgan fingerprint density at radius 2 is 0.545 bits per heavy atom. The van der Waals surface area contributed by atoms with Crippen molar-refractivity contribution in [3.8, 4) is 0 Å². The van der Waals surface area contributed by atoms with Crippen LogP contribution in [0.2, 0.25) is 0 Å². The summed E-state index contributed by atoms with van der Waals surface area (Å²) < 4.78 is 0. The third-order valence-corrected chi connectivity index (χ3v) is 6.26. The van der Waals surface area contributed by atoms with Crippen molar-refractivity contribution in [2.75, 3.05) is 6.61 Å². The molecule has 1 N–H and O–H groups in total. The molecule has 246 valence electrons. The Labute approximate surface area is 274 Å². The van der Waals surface area contributed by atoms with Crippen LogP contribution >= 0.6 is 0 Å². The Bertz CT molecular complexity index is 867. The van der Waals surface area contributed by atoms with E-state index >= 15 is 0 Å². The summed E-state index contributed by atoms with van der Waals surface area (Å²) in [6, 6.07) is 0. The summed E-state index contributed by atoms with van der Waals surface area (Å²) in [7, 11) is 0. The van der Waals surface area contributed by atoms with E-state index in [4.69, 9.17) is 5.11 Å². The second-order valence-corrected chi connectivity index (χ2v) is 10.5. The van der Waals surface area contributed by atoms with Gasteiger partial charge in [0.05, 0.1) is 0 Å². The molecule has 0 aliphatic carbocycles. The summed E-state index contributed by atoms with van der Waals surface area (Å²) in [5.74, 6) is 0. The number of hydrogen-bond donors (Lipinski definition) is 1. The van der Waals surface area contributed by atoms with Crippen molar-refractivity contribution in [3.05, 3.63) is 134 Å². The van der Waals surface area contributed by atoms with Crippen LogP contribution in [-0.2, 0) is 0 Å². The lowest BCUT2D eigenvalue weighted by Gasteiger charge is -1.90. The van der Waals surface area contributed by atoms with Crippen molar-refractivity contribution in [2.45, 2.75) is 130 Å². The van der Waals surface area contributed by atoms with Gasteiger partial charge in [-0.25, -0.2) is 0 Å². The van der Waals surface area contributed by atoms with Gasteiger partial charge < -0.3 is 5.11 Å². The molecule has 0 heterocycles. The maximum absolute atomic E-state index is 8.64. The number of unbranched alkanes of at least 4 members (excludes halogenated alkanes) is 4. The maximum Gasteiger partial charge on any atom is 0.0431 e. The highest BCUT2D eigenvalue weighted by molar-refractivity contribution is 5.02. The van der Waals surface area contributed by atoms with Crippen molar-refractivity contribution in [1.29, 1.82) is 0 Å². The van der Waals surface area contributed by atoms with Crippen LogP contribution in [0.5, 0.6) is 0 Å². The first kappa shape index (κ1) is 43.2. The van der Waals surface area contributed by atoms with Gasteiger partial charge in [0.2, 0.25) is 0 Å². The lowest BCUT2D eigenvalue weighted by Crippen LogP contribution is -1.79. The zero-order valence-electron chi connectivity index (χ0n) is 28.9. The van der Waals surface area contributed by atoms with E-state index < -0.39 is 0 Å². The monoisotopic (exact) mass is 601 g/mol. The van der Waals surface area contributed by atoms with Gasteiger partial charge >= 0.3 is 0 Å². The minimum atomic E-state index is 0.310. The average molecular weight is 601 g/mol. The van der Waals surface area contributed by atoms with E-state index in [2.05, 4.69) is 154 Å². The topological polar surface area (TPSA) is 20.2 Å². The normalized spacial score (nSPS) is 13.2. The smallest absolute Gasteiger partial charge is 0.0431 e. The molecular weight excluding hydrogens is 532 g/mol. The molecule has 0 aromatic carbocycles. The zero-order valence-corrected chi connectivity index (χ0v) is 28.9. The molecule has 0 fully saturated rings. The molecule has 0 spiro atoms. The van der Waals surface area contributed by atoms with E-state index in [1.54, 1.807) is 0 Å². The highest BCUT2D eigenvalue weighted by Crippen LogP contribution is 2.00. The first-order chi connectivity index (χ1) is 21.8. The molecule has 0 unspecified atom stereocenters. The molecule has 0 saturated carbocycles. The van der Waals surface area contributed by atoms with Crippen LogP contribution in [0.4, 0.5) is 0 Å². The van der Waals surface area contributed by atoms with Crippen molar-refractivity contribution in [3.63, 3.8) is 0 Å². The minimum absolute atomic E-state index is 0.310. The van der Waals surface area contributed by atoms with Crippen LogP contribution in [0, 0.1) is 0 Å². The predicted molar refractivity (Wildman–Crippen MR) is 203 cm³/mol. The Balaban J connectivity index is 0. The number of aliphatic hydroxyl groups is 1. The number of rotatable bonds is 27. The molecule has 0 aliphatic rings. The van der Waals surface area contributed by atoms with Crippen molar-refractivity contribution >= 4 is 0 Å². The molecule has 0 aliphatic heterocycles. The van der Waals surface area contributed by atoms with E-state index in [9.17, 15) is 0 Å². The Hall–Kier alpha value is -2.90. The first-order valence-electron chi connectivity index (χ1n) is 17.6. The number of aliphatic hydroxyl groups excluding tert-OH is 1. The molecule has 0 aromatic rings. The lowest BCUT2D eigenvalue weighted by atomic mass is 10.2. The molecule has 0 atom stereocenters. The molecule has 1 heteroatoms. The minimum Gasteiger partial charge on any atom is -0.396 e. The molecule has 44 heavy (non-hydrogen) atoms. The molecule has 1 nitrogen and oxygen atoms in total. The average Bonchev–Trinajstić information content (AvgIpc) is 3.04. The SMILES string of the molecule is CC/C=C\C/C=C\C/C=C\C/C=C\C/C=C\C/C=C\CCCC.CC/C=C\C/C=C\C/C=C\C/C=C\C/C=C\CCCCO. The van der Waals surface area contributed by atoms with Crippen LogP contribution in [0.25, 0.3) is 0 Å². The van der Waals surface area contributed by atoms with E-state index in [0.717, 1.165) is 89.9 Å². The van der Waals surface area contributed by atoms with Gasteiger partial charge in [-0.1, -0.05) is 167 Å². The molecular formula is C43H68O. The fourth-order valence-corrected chi connectivity index (χ4v) is 3.70. The van der Waals surface area contributed by atoms with Gasteiger partial charge in [0.1, 0.15) is 0 Å². The molecule has 0 aromatic heterocycles. The fraction of sp³-hybridized carbons (Fsp3) is 0.488. The zero-order chi connectivity index (χ0) is 32.3. The van der Waals surface area contributed by atoms with E-state index in [-0.39, 0.29) is 0 Å². The van der Waals surface area contributed by atoms with Gasteiger partial charge in [0.15, 0.2) is 0 Å². The Kier molecular flexibility index (Phi) is 43.8.